The monoisotopic (exact) mass is 334 g/mol. The molecule has 0 amide bonds. The lowest BCUT2D eigenvalue weighted by atomic mass is 9.77. The van der Waals surface area contributed by atoms with Crippen molar-refractivity contribution in [1.82, 2.24) is 0 Å². The molecule has 2 heteroatoms. The van der Waals surface area contributed by atoms with Crippen LogP contribution in [0.1, 0.15) is 96.0 Å². The van der Waals surface area contributed by atoms with Crippen LogP contribution in [0.15, 0.2) is 18.2 Å². The van der Waals surface area contributed by atoms with E-state index in [1.54, 1.807) is 6.07 Å². The van der Waals surface area contributed by atoms with E-state index in [1.165, 1.54) is 64.2 Å². The zero-order chi connectivity index (χ0) is 17.2. The van der Waals surface area contributed by atoms with Gasteiger partial charge >= 0.3 is 0 Å². The van der Waals surface area contributed by atoms with Gasteiger partial charge in [0, 0.05) is 0 Å². The van der Waals surface area contributed by atoms with Gasteiger partial charge in [-0.05, 0) is 61.6 Å². The zero-order valence-corrected chi connectivity index (χ0v) is 15.7. The lowest BCUT2D eigenvalue weighted by molar-refractivity contribution is 0.288. The summed E-state index contributed by atoms with van der Waals surface area (Å²) < 4.78 is 19.9. The molecule has 24 heavy (non-hydrogen) atoms. The van der Waals surface area contributed by atoms with Gasteiger partial charge in [-0.3, -0.25) is 0 Å². The highest BCUT2D eigenvalue weighted by Gasteiger charge is 2.22. The summed E-state index contributed by atoms with van der Waals surface area (Å²) in [5.74, 6) is 1.67. The number of hydrogen-bond acceptors (Lipinski definition) is 1. The van der Waals surface area contributed by atoms with Crippen LogP contribution in [0.2, 0.25) is 0 Å². The molecule has 136 valence electrons. The third-order valence-corrected chi connectivity index (χ3v) is 5.48. The van der Waals surface area contributed by atoms with E-state index < -0.39 is 0 Å². The topological polar surface area (TPSA) is 9.23 Å². The molecular formula is C22H35FO. The van der Waals surface area contributed by atoms with Crippen LogP contribution in [0, 0.1) is 11.7 Å². The number of ether oxygens (including phenoxy) is 1. The Labute approximate surface area is 148 Å². The van der Waals surface area contributed by atoms with Crippen LogP contribution >= 0.6 is 0 Å². The molecular weight excluding hydrogens is 299 g/mol. The molecule has 0 N–H and O–H groups in total. The third-order valence-electron chi connectivity index (χ3n) is 5.48. The number of benzene rings is 1. The minimum Gasteiger partial charge on any atom is -0.491 e. The SMILES string of the molecule is CCCCCCCOc1ccc(C2CCC(CCC)CC2)cc1F. The van der Waals surface area contributed by atoms with Crippen molar-refractivity contribution in [2.45, 2.75) is 90.4 Å². The molecule has 1 aromatic carbocycles. The molecule has 0 unspecified atom stereocenters. The van der Waals surface area contributed by atoms with E-state index in [1.807, 2.05) is 6.07 Å². The molecule has 1 aliphatic rings. The van der Waals surface area contributed by atoms with Crippen LogP contribution in [0.3, 0.4) is 0 Å². The first-order valence-corrected chi connectivity index (χ1v) is 10.2. The van der Waals surface area contributed by atoms with Crippen molar-refractivity contribution in [2.24, 2.45) is 5.92 Å². The molecule has 2 rings (SSSR count). The lowest BCUT2D eigenvalue weighted by Crippen LogP contribution is -2.13. The van der Waals surface area contributed by atoms with Gasteiger partial charge in [0.2, 0.25) is 0 Å². The standard InChI is InChI=1S/C22H35FO/c1-3-5-6-7-8-16-24-22-15-14-20(17-21(22)23)19-12-10-18(9-4-2)11-13-19/h14-15,17-19H,3-13,16H2,1-2H3. The van der Waals surface area contributed by atoms with Crippen molar-refractivity contribution in [2.75, 3.05) is 6.61 Å². The maximum atomic E-state index is 14.3. The van der Waals surface area contributed by atoms with Gasteiger partial charge in [-0.15, -0.1) is 0 Å². The van der Waals surface area contributed by atoms with Gasteiger partial charge in [0.05, 0.1) is 6.61 Å². The summed E-state index contributed by atoms with van der Waals surface area (Å²) in [6.45, 7) is 5.11. The number of unbranched alkanes of at least 4 members (excludes halogenated alkanes) is 4. The second-order valence-electron chi connectivity index (χ2n) is 7.46. The molecule has 1 aromatic rings. The molecule has 1 fully saturated rings. The van der Waals surface area contributed by atoms with Crippen LogP contribution in [0.4, 0.5) is 4.39 Å². The molecule has 0 atom stereocenters. The van der Waals surface area contributed by atoms with Crippen molar-refractivity contribution in [3.05, 3.63) is 29.6 Å². The maximum absolute atomic E-state index is 14.3. The second-order valence-corrected chi connectivity index (χ2v) is 7.46. The maximum Gasteiger partial charge on any atom is 0.165 e. The van der Waals surface area contributed by atoms with Gasteiger partial charge in [-0.2, -0.15) is 0 Å². The highest BCUT2D eigenvalue weighted by atomic mass is 19.1. The van der Waals surface area contributed by atoms with Crippen molar-refractivity contribution >= 4 is 0 Å². The molecule has 0 aromatic heterocycles. The summed E-state index contributed by atoms with van der Waals surface area (Å²) in [5, 5.41) is 0. The normalized spacial score (nSPS) is 21.0. The zero-order valence-electron chi connectivity index (χ0n) is 15.7. The summed E-state index contributed by atoms with van der Waals surface area (Å²) in [7, 11) is 0. The summed E-state index contributed by atoms with van der Waals surface area (Å²) >= 11 is 0. The van der Waals surface area contributed by atoms with E-state index >= 15 is 0 Å². The van der Waals surface area contributed by atoms with Crippen molar-refractivity contribution in [3.63, 3.8) is 0 Å². The van der Waals surface area contributed by atoms with Crippen LogP contribution in [0.5, 0.6) is 5.75 Å². The van der Waals surface area contributed by atoms with Gasteiger partial charge in [0.25, 0.3) is 0 Å². The Balaban J connectivity index is 1.77. The molecule has 0 bridgehead atoms. The fourth-order valence-corrected chi connectivity index (χ4v) is 3.97. The van der Waals surface area contributed by atoms with Gasteiger partial charge in [-0.1, -0.05) is 58.4 Å². The molecule has 1 aliphatic carbocycles. The summed E-state index contributed by atoms with van der Waals surface area (Å²) in [6.07, 6.45) is 13.6. The molecule has 1 saturated carbocycles. The Kier molecular flexibility index (Phi) is 8.63. The van der Waals surface area contributed by atoms with Crippen LogP contribution in [-0.4, -0.2) is 6.61 Å². The van der Waals surface area contributed by atoms with Gasteiger partial charge < -0.3 is 4.74 Å². The van der Waals surface area contributed by atoms with Crippen LogP contribution in [0.25, 0.3) is 0 Å². The van der Waals surface area contributed by atoms with Crippen LogP contribution in [-0.2, 0) is 0 Å². The predicted molar refractivity (Wildman–Crippen MR) is 100 cm³/mol. The van der Waals surface area contributed by atoms with E-state index in [2.05, 4.69) is 19.9 Å². The quantitative estimate of drug-likeness (QED) is 0.409. The highest BCUT2D eigenvalue weighted by molar-refractivity contribution is 5.31. The summed E-state index contributed by atoms with van der Waals surface area (Å²) in [5.41, 5.74) is 1.16. The number of rotatable bonds is 10. The van der Waals surface area contributed by atoms with Crippen molar-refractivity contribution in [3.8, 4) is 5.75 Å². The first-order valence-electron chi connectivity index (χ1n) is 10.2. The van der Waals surface area contributed by atoms with E-state index in [0.717, 1.165) is 17.9 Å². The van der Waals surface area contributed by atoms with Gasteiger partial charge in [-0.25, -0.2) is 4.39 Å². The fourth-order valence-electron chi connectivity index (χ4n) is 3.97. The Morgan fingerprint density at radius 1 is 0.958 bits per heavy atom. The third kappa shape index (κ3) is 6.11. The average molecular weight is 335 g/mol. The Bertz CT molecular complexity index is 463. The van der Waals surface area contributed by atoms with Crippen LogP contribution < -0.4 is 4.74 Å². The van der Waals surface area contributed by atoms with E-state index in [-0.39, 0.29) is 5.82 Å². The molecule has 0 spiro atoms. The van der Waals surface area contributed by atoms with Gasteiger partial charge in [0.15, 0.2) is 11.6 Å². The minimum atomic E-state index is -0.184. The minimum absolute atomic E-state index is 0.184. The molecule has 0 aliphatic heterocycles. The predicted octanol–water partition coefficient (Wildman–Crippen LogP) is 7.25. The fraction of sp³-hybridized carbons (Fsp3) is 0.727. The number of halogens is 1. The summed E-state index contributed by atoms with van der Waals surface area (Å²) in [4.78, 5) is 0. The van der Waals surface area contributed by atoms with Gasteiger partial charge in [0.1, 0.15) is 0 Å². The Hall–Kier alpha value is -1.05. The van der Waals surface area contributed by atoms with Crippen molar-refractivity contribution < 1.29 is 9.13 Å². The van der Waals surface area contributed by atoms with E-state index in [4.69, 9.17) is 4.74 Å². The Morgan fingerprint density at radius 2 is 1.71 bits per heavy atom. The van der Waals surface area contributed by atoms with E-state index in [0.29, 0.717) is 18.3 Å². The molecule has 0 heterocycles. The Morgan fingerprint density at radius 3 is 2.38 bits per heavy atom. The largest absolute Gasteiger partial charge is 0.491 e. The molecule has 1 nitrogen and oxygen atoms in total. The lowest BCUT2D eigenvalue weighted by Gasteiger charge is -2.28. The molecule has 0 radical (unpaired) electrons. The summed E-state index contributed by atoms with van der Waals surface area (Å²) in [6, 6.07) is 5.65. The van der Waals surface area contributed by atoms with Crippen molar-refractivity contribution in [1.29, 1.82) is 0 Å². The van der Waals surface area contributed by atoms with E-state index in [9.17, 15) is 4.39 Å². The second kappa shape index (κ2) is 10.7. The molecule has 0 saturated heterocycles. The first-order chi connectivity index (χ1) is 11.7. The highest BCUT2D eigenvalue weighted by Crippen LogP contribution is 2.38. The number of hydrogen-bond donors (Lipinski definition) is 0. The first kappa shape index (κ1) is 19.3. The smallest absolute Gasteiger partial charge is 0.165 e. The average Bonchev–Trinajstić information content (AvgIpc) is 2.60.